The summed E-state index contributed by atoms with van der Waals surface area (Å²) in [5.41, 5.74) is 1.90. The third kappa shape index (κ3) is 5.05. The Kier molecular flexibility index (Phi) is 7.15. The maximum atomic E-state index is 13.2. The lowest BCUT2D eigenvalue weighted by molar-refractivity contribution is -0.137. The molecule has 0 saturated heterocycles. The Morgan fingerprint density at radius 2 is 1.88 bits per heavy atom. The molecule has 3 heterocycles. The van der Waals surface area contributed by atoms with E-state index in [1.54, 1.807) is 24.2 Å². The van der Waals surface area contributed by atoms with Crippen LogP contribution in [-0.2, 0) is 17.5 Å². The minimum atomic E-state index is -4.44. The van der Waals surface area contributed by atoms with Crippen LogP contribution in [0.5, 0.6) is 0 Å². The van der Waals surface area contributed by atoms with Crippen molar-refractivity contribution in [2.24, 2.45) is 0 Å². The van der Waals surface area contributed by atoms with Crippen LogP contribution >= 0.6 is 13.5 Å². The zero-order valence-electron chi connectivity index (χ0n) is 17.8. The van der Waals surface area contributed by atoms with Gasteiger partial charge in [0.1, 0.15) is 5.69 Å². The molecule has 33 heavy (non-hydrogen) atoms. The molecule has 0 bridgehead atoms. The van der Waals surface area contributed by atoms with Gasteiger partial charge < -0.3 is 9.64 Å². The average molecular weight is 475 g/mol. The van der Waals surface area contributed by atoms with Gasteiger partial charge in [-0.05, 0) is 42.8 Å². The highest BCUT2D eigenvalue weighted by Crippen LogP contribution is 2.32. The lowest BCUT2D eigenvalue weighted by Crippen LogP contribution is -2.43. The second kappa shape index (κ2) is 9.68. The van der Waals surface area contributed by atoms with Gasteiger partial charge in [-0.1, -0.05) is 11.8 Å². The van der Waals surface area contributed by atoms with Crippen LogP contribution in [-0.4, -0.2) is 34.3 Å². The Morgan fingerprint density at radius 3 is 2.55 bits per heavy atom. The van der Waals surface area contributed by atoms with Gasteiger partial charge in [0.25, 0.3) is 5.91 Å². The summed E-state index contributed by atoms with van der Waals surface area (Å²) in [6, 6.07) is 6.22. The lowest BCUT2D eigenvalue weighted by Gasteiger charge is -2.32. The number of pyridine rings is 1. The fourth-order valence-corrected chi connectivity index (χ4v) is 3.55. The molecule has 1 atom stereocenters. The maximum absolute atomic E-state index is 13.2. The van der Waals surface area contributed by atoms with E-state index in [1.165, 1.54) is 23.2 Å². The van der Waals surface area contributed by atoms with Crippen molar-refractivity contribution in [2.45, 2.75) is 25.7 Å². The number of ether oxygens (including phenoxy) is 1. The Hall–Kier alpha value is -3.29. The molecule has 1 aliphatic rings. The van der Waals surface area contributed by atoms with Crippen LogP contribution in [0, 0.1) is 11.8 Å². The minimum absolute atomic E-state index is 0. The molecule has 172 valence electrons. The molecule has 0 spiro atoms. The van der Waals surface area contributed by atoms with Gasteiger partial charge in [-0.15, -0.1) is 0 Å². The maximum Gasteiger partial charge on any atom is 0.416 e. The van der Waals surface area contributed by atoms with Crippen LogP contribution in [0.4, 0.5) is 18.9 Å². The number of hydrogen-bond acceptors (Lipinski definition) is 4. The van der Waals surface area contributed by atoms with E-state index in [4.69, 9.17) is 4.74 Å². The van der Waals surface area contributed by atoms with E-state index < -0.39 is 11.7 Å². The van der Waals surface area contributed by atoms with Gasteiger partial charge in [-0.2, -0.15) is 31.8 Å². The van der Waals surface area contributed by atoms with E-state index in [0.717, 1.165) is 17.7 Å². The van der Waals surface area contributed by atoms with Crippen molar-refractivity contribution < 1.29 is 22.7 Å². The zero-order valence-corrected chi connectivity index (χ0v) is 18.8. The fourth-order valence-electron chi connectivity index (χ4n) is 3.55. The molecule has 0 saturated carbocycles. The molecule has 0 fully saturated rings. The molecule has 3 aromatic rings. The Morgan fingerprint density at radius 1 is 1.15 bits per heavy atom. The number of aromatic nitrogens is 3. The molecule has 4 rings (SSSR count). The summed E-state index contributed by atoms with van der Waals surface area (Å²) in [6.07, 6.45) is 0.388. The molecule has 2 aromatic heterocycles. The SMILES string of the molecule is COCc1cncc(C#Cc2cnn3c2C(=O)N(c2ccc(C(F)(F)F)cc2)C[C@@H]3C)c1.S. The smallest absolute Gasteiger partial charge is 0.380 e. The summed E-state index contributed by atoms with van der Waals surface area (Å²) in [5, 5.41) is 4.30. The second-order valence-corrected chi connectivity index (χ2v) is 7.43. The van der Waals surface area contributed by atoms with Gasteiger partial charge in [0, 0.05) is 37.3 Å². The normalized spacial score (nSPS) is 15.4. The standard InChI is InChI=1S/C23H19F3N4O2.H2S/c1-15-13-29(20-7-5-19(6-8-20)23(24,25)26)22(31)21-18(12-28-30(15)21)4-3-16-9-17(14-32-2)11-27-10-16;/h5-12,15H,13-14H2,1-2H3;1H2/t15-;/m0./s1. The first-order valence-corrected chi connectivity index (χ1v) is 9.79. The lowest BCUT2D eigenvalue weighted by atomic mass is 10.1. The van der Waals surface area contributed by atoms with Gasteiger partial charge in [0.2, 0.25) is 0 Å². The van der Waals surface area contributed by atoms with Crippen LogP contribution in [0.3, 0.4) is 0 Å². The zero-order chi connectivity index (χ0) is 22.9. The Balaban J connectivity index is 0.00000306. The van der Waals surface area contributed by atoms with Crippen molar-refractivity contribution in [1.82, 2.24) is 14.8 Å². The molecule has 10 heteroatoms. The van der Waals surface area contributed by atoms with Crippen LogP contribution in [0.25, 0.3) is 0 Å². The summed E-state index contributed by atoms with van der Waals surface area (Å²) >= 11 is 0. The summed E-state index contributed by atoms with van der Waals surface area (Å²) < 4.78 is 45.4. The fraction of sp³-hybridized carbons (Fsp3) is 0.261. The first-order valence-electron chi connectivity index (χ1n) is 9.79. The number of carbonyl (C=O) groups excluding carboxylic acids is 1. The molecule has 6 nitrogen and oxygen atoms in total. The number of fused-ring (bicyclic) bond motifs is 1. The number of benzene rings is 1. The van der Waals surface area contributed by atoms with E-state index in [2.05, 4.69) is 21.9 Å². The van der Waals surface area contributed by atoms with E-state index in [0.29, 0.717) is 29.1 Å². The molecule has 1 aliphatic heterocycles. The highest BCUT2D eigenvalue weighted by atomic mass is 32.1. The van der Waals surface area contributed by atoms with E-state index in [9.17, 15) is 18.0 Å². The van der Waals surface area contributed by atoms with Crippen molar-refractivity contribution >= 4 is 25.1 Å². The Labute approximate surface area is 195 Å². The highest BCUT2D eigenvalue weighted by Gasteiger charge is 2.34. The van der Waals surface area contributed by atoms with Gasteiger partial charge in [0.15, 0.2) is 0 Å². The Bertz CT molecular complexity index is 1210. The first-order chi connectivity index (χ1) is 15.3. The van der Waals surface area contributed by atoms with E-state index in [1.807, 2.05) is 13.0 Å². The van der Waals surface area contributed by atoms with Crippen molar-refractivity contribution in [3.05, 3.63) is 76.9 Å². The predicted molar refractivity (Wildman–Crippen MR) is 121 cm³/mol. The number of alkyl halides is 3. The number of rotatable bonds is 3. The second-order valence-electron chi connectivity index (χ2n) is 7.43. The number of methoxy groups -OCH3 is 1. The minimum Gasteiger partial charge on any atom is -0.380 e. The van der Waals surface area contributed by atoms with Crippen molar-refractivity contribution in [1.29, 1.82) is 0 Å². The van der Waals surface area contributed by atoms with Crippen LogP contribution in [0.2, 0.25) is 0 Å². The monoisotopic (exact) mass is 474 g/mol. The molecule has 1 amide bonds. The summed E-state index contributed by atoms with van der Waals surface area (Å²) in [6.45, 7) is 2.58. The predicted octanol–water partition coefficient (Wildman–Crippen LogP) is 4.18. The van der Waals surface area contributed by atoms with Crippen LogP contribution in [0.15, 0.2) is 48.9 Å². The largest absolute Gasteiger partial charge is 0.416 e. The van der Waals surface area contributed by atoms with Gasteiger partial charge in [0.05, 0.1) is 30.0 Å². The van der Waals surface area contributed by atoms with Gasteiger partial charge >= 0.3 is 6.18 Å². The quantitative estimate of drug-likeness (QED) is 0.535. The third-order valence-electron chi connectivity index (χ3n) is 5.06. The number of nitrogens with zero attached hydrogens (tertiary/aromatic N) is 4. The molecule has 0 aliphatic carbocycles. The van der Waals surface area contributed by atoms with Crippen molar-refractivity contribution in [3.8, 4) is 11.8 Å². The number of anilines is 1. The molecule has 1 aromatic carbocycles. The third-order valence-corrected chi connectivity index (χ3v) is 5.06. The van der Waals surface area contributed by atoms with Crippen molar-refractivity contribution in [3.63, 3.8) is 0 Å². The number of carbonyl (C=O) groups is 1. The summed E-state index contributed by atoms with van der Waals surface area (Å²) in [4.78, 5) is 18.8. The first kappa shape index (κ1) is 24.4. The molecule has 0 unspecified atom stereocenters. The number of halogens is 3. The molecule has 0 N–H and O–H groups in total. The summed E-state index contributed by atoms with van der Waals surface area (Å²) in [5.74, 6) is 5.61. The van der Waals surface area contributed by atoms with Gasteiger partial charge in [-0.25, -0.2) is 0 Å². The van der Waals surface area contributed by atoms with Crippen molar-refractivity contribution in [2.75, 3.05) is 18.6 Å². The van der Waals surface area contributed by atoms with E-state index in [-0.39, 0.29) is 32.0 Å². The number of amides is 1. The average Bonchev–Trinajstić information content (AvgIpc) is 3.20. The highest BCUT2D eigenvalue weighted by molar-refractivity contribution is 7.59. The van der Waals surface area contributed by atoms with Crippen LogP contribution in [0.1, 0.15) is 45.7 Å². The molecular weight excluding hydrogens is 453 g/mol. The molecular formula is C23H21F3N4O2S. The van der Waals surface area contributed by atoms with Gasteiger partial charge in [-0.3, -0.25) is 14.5 Å². The summed E-state index contributed by atoms with van der Waals surface area (Å²) in [7, 11) is 1.59. The number of hydrogen-bond donors (Lipinski definition) is 0. The van der Waals surface area contributed by atoms with Crippen LogP contribution < -0.4 is 4.90 Å². The topological polar surface area (TPSA) is 60.3 Å². The molecule has 0 radical (unpaired) electrons. The van der Waals surface area contributed by atoms with E-state index >= 15 is 0 Å².